The summed E-state index contributed by atoms with van der Waals surface area (Å²) in [6, 6.07) is 8.70. The smallest absolute Gasteiger partial charge is 0.0695 e. The maximum atomic E-state index is 10.2. The van der Waals surface area contributed by atoms with Crippen LogP contribution in [0.1, 0.15) is 37.3 Å². The highest BCUT2D eigenvalue weighted by Gasteiger charge is 2.30. The summed E-state index contributed by atoms with van der Waals surface area (Å²) < 4.78 is 1.08. The number of hydrogen-bond donors (Lipinski definition) is 2. The first-order valence-corrected chi connectivity index (χ1v) is 7.78. The third kappa shape index (κ3) is 3.57. The average Bonchev–Trinajstić information content (AvgIpc) is 2.42. The molecule has 4 heteroatoms. The Kier molecular flexibility index (Phi) is 5.39. The molecule has 0 heterocycles. The molecule has 1 aliphatic rings. The molecule has 0 spiro atoms. The van der Waals surface area contributed by atoms with Crippen molar-refractivity contribution < 1.29 is 5.11 Å². The van der Waals surface area contributed by atoms with Crippen LogP contribution in [-0.4, -0.2) is 35.7 Å². The van der Waals surface area contributed by atoms with E-state index in [1.165, 1.54) is 12.0 Å². The minimum absolute atomic E-state index is 0.172. The molecule has 1 aliphatic carbocycles. The van der Waals surface area contributed by atoms with E-state index < -0.39 is 0 Å². The zero-order valence-electron chi connectivity index (χ0n) is 11.4. The average molecular weight is 327 g/mol. The van der Waals surface area contributed by atoms with E-state index in [0.29, 0.717) is 6.54 Å². The van der Waals surface area contributed by atoms with Crippen molar-refractivity contribution in [1.82, 2.24) is 4.90 Å². The summed E-state index contributed by atoms with van der Waals surface area (Å²) in [6.07, 6.45) is 4.08. The first-order valence-electron chi connectivity index (χ1n) is 6.99. The maximum Gasteiger partial charge on any atom is 0.0695 e. The van der Waals surface area contributed by atoms with Crippen LogP contribution in [0.5, 0.6) is 0 Å². The van der Waals surface area contributed by atoms with Crippen molar-refractivity contribution in [2.75, 3.05) is 13.6 Å². The van der Waals surface area contributed by atoms with E-state index in [4.69, 9.17) is 5.73 Å². The van der Waals surface area contributed by atoms with Crippen LogP contribution in [0.2, 0.25) is 0 Å². The molecular formula is C15H23BrN2O. The molecule has 1 fully saturated rings. The summed E-state index contributed by atoms with van der Waals surface area (Å²) in [5, 5.41) is 10.2. The third-order valence-electron chi connectivity index (χ3n) is 4.19. The molecule has 2 rings (SSSR count). The van der Waals surface area contributed by atoms with Crippen LogP contribution in [0.3, 0.4) is 0 Å². The van der Waals surface area contributed by atoms with Gasteiger partial charge in [-0.2, -0.15) is 0 Å². The lowest BCUT2D eigenvalue weighted by molar-refractivity contribution is 0.0137. The van der Waals surface area contributed by atoms with E-state index in [9.17, 15) is 5.11 Å². The second-order valence-corrected chi connectivity index (χ2v) is 6.30. The van der Waals surface area contributed by atoms with Crippen LogP contribution < -0.4 is 5.73 Å². The maximum absolute atomic E-state index is 10.2. The highest BCUT2D eigenvalue weighted by molar-refractivity contribution is 9.10. The van der Waals surface area contributed by atoms with E-state index in [0.717, 1.165) is 23.7 Å². The zero-order valence-corrected chi connectivity index (χ0v) is 13.0. The van der Waals surface area contributed by atoms with Gasteiger partial charge in [0.15, 0.2) is 0 Å². The van der Waals surface area contributed by atoms with Gasteiger partial charge in [-0.15, -0.1) is 0 Å². The predicted octanol–water partition coefficient (Wildman–Crippen LogP) is 2.68. The molecule has 0 radical (unpaired) electrons. The van der Waals surface area contributed by atoms with Gasteiger partial charge >= 0.3 is 0 Å². The van der Waals surface area contributed by atoms with Crippen molar-refractivity contribution in [3.8, 4) is 0 Å². The molecule has 1 saturated carbocycles. The van der Waals surface area contributed by atoms with Crippen LogP contribution in [0, 0.1) is 0 Å². The molecule has 0 amide bonds. The normalized spacial score (nSPS) is 25.5. The molecular weight excluding hydrogens is 304 g/mol. The van der Waals surface area contributed by atoms with Crippen LogP contribution in [0.15, 0.2) is 28.7 Å². The van der Waals surface area contributed by atoms with Crippen LogP contribution in [0.25, 0.3) is 0 Å². The molecule has 1 aromatic rings. The Balaban J connectivity index is 2.13. The van der Waals surface area contributed by atoms with Gasteiger partial charge in [-0.1, -0.05) is 40.9 Å². The molecule has 3 nitrogen and oxygen atoms in total. The molecule has 3 unspecified atom stereocenters. The summed E-state index contributed by atoms with van der Waals surface area (Å²) in [6.45, 7) is 0.571. The number of aliphatic hydroxyl groups excluding tert-OH is 1. The van der Waals surface area contributed by atoms with Crippen molar-refractivity contribution in [2.24, 2.45) is 5.73 Å². The van der Waals surface area contributed by atoms with Crippen LogP contribution in [0.4, 0.5) is 0 Å². The van der Waals surface area contributed by atoms with E-state index in [1.54, 1.807) is 0 Å². The van der Waals surface area contributed by atoms with Gasteiger partial charge in [0.25, 0.3) is 0 Å². The number of aliphatic hydroxyl groups is 1. The molecule has 0 saturated heterocycles. The minimum atomic E-state index is -0.219. The number of halogens is 1. The van der Waals surface area contributed by atoms with Gasteiger partial charge in [-0.05, 0) is 37.6 Å². The molecule has 3 N–H and O–H groups in total. The van der Waals surface area contributed by atoms with Crippen molar-refractivity contribution >= 4 is 15.9 Å². The Bertz CT molecular complexity index is 396. The third-order valence-corrected chi connectivity index (χ3v) is 4.72. The quantitative estimate of drug-likeness (QED) is 0.894. The number of likely N-dealkylation sites (N-methyl/N-ethyl adjacent to an activating group) is 1. The Morgan fingerprint density at radius 1 is 1.32 bits per heavy atom. The van der Waals surface area contributed by atoms with Crippen LogP contribution in [-0.2, 0) is 0 Å². The fraction of sp³-hybridized carbons (Fsp3) is 0.600. The van der Waals surface area contributed by atoms with E-state index in [-0.39, 0.29) is 18.2 Å². The second kappa shape index (κ2) is 6.84. The van der Waals surface area contributed by atoms with Crippen molar-refractivity contribution in [2.45, 2.75) is 43.9 Å². The number of benzene rings is 1. The lowest BCUT2D eigenvalue weighted by Crippen LogP contribution is -2.46. The highest BCUT2D eigenvalue weighted by atomic mass is 79.9. The summed E-state index contributed by atoms with van der Waals surface area (Å²) >= 11 is 3.45. The zero-order chi connectivity index (χ0) is 13.8. The molecule has 19 heavy (non-hydrogen) atoms. The van der Waals surface area contributed by atoms with Gasteiger partial charge < -0.3 is 10.8 Å². The van der Waals surface area contributed by atoms with E-state index in [2.05, 4.69) is 40.0 Å². The fourth-order valence-corrected chi connectivity index (χ4v) is 3.28. The van der Waals surface area contributed by atoms with Crippen molar-refractivity contribution in [3.05, 3.63) is 34.3 Å². The SMILES string of the molecule is CN(C(CN)c1ccc(Br)cc1)C1CCCCC1O. The first-order chi connectivity index (χ1) is 9.13. The van der Waals surface area contributed by atoms with Gasteiger partial charge in [-0.3, -0.25) is 4.90 Å². The highest BCUT2D eigenvalue weighted by Crippen LogP contribution is 2.29. The molecule has 3 atom stereocenters. The van der Waals surface area contributed by atoms with Gasteiger partial charge in [0.1, 0.15) is 0 Å². The van der Waals surface area contributed by atoms with Gasteiger partial charge in [-0.25, -0.2) is 0 Å². The van der Waals surface area contributed by atoms with Crippen LogP contribution >= 0.6 is 15.9 Å². The minimum Gasteiger partial charge on any atom is -0.391 e. The molecule has 106 valence electrons. The van der Waals surface area contributed by atoms with Gasteiger partial charge in [0.2, 0.25) is 0 Å². The summed E-state index contributed by atoms with van der Waals surface area (Å²) in [4.78, 5) is 2.26. The topological polar surface area (TPSA) is 49.5 Å². The Morgan fingerprint density at radius 2 is 1.95 bits per heavy atom. The molecule has 0 aliphatic heterocycles. The first kappa shape index (κ1) is 15.0. The summed E-state index contributed by atoms with van der Waals surface area (Å²) in [5.74, 6) is 0. The lowest BCUT2D eigenvalue weighted by atomic mass is 9.90. The largest absolute Gasteiger partial charge is 0.391 e. The lowest BCUT2D eigenvalue weighted by Gasteiger charge is -2.39. The Hall–Kier alpha value is -0.420. The van der Waals surface area contributed by atoms with Crippen molar-refractivity contribution in [1.29, 1.82) is 0 Å². The Labute approximate surface area is 123 Å². The summed E-state index contributed by atoms with van der Waals surface area (Å²) in [7, 11) is 2.08. The second-order valence-electron chi connectivity index (χ2n) is 5.39. The number of nitrogens with two attached hydrogens (primary N) is 1. The number of rotatable bonds is 4. The van der Waals surface area contributed by atoms with Gasteiger partial charge in [0.05, 0.1) is 6.10 Å². The summed E-state index contributed by atoms with van der Waals surface area (Å²) in [5.41, 5.74) is 7.17. The fourth-order valence-electron chi connectivity index (χ4n) is 3.02. The number of hydrogen-bond acceptors (Lipinski definition) is 3. The molecule has 0 aromatic heterocycles. The molecule has 0 bridgehead atoms. The van der Waals surface area contributed by atoms with E-state index >= 15 is 0 Å². The predicted molar refractivity (Wildman–Crippen MR) is 82.0 cm³/mol. The standard InChI is InChI=1S/C15H23BrN2O/c1-18(13-4-2-3-5-15(13)19)14(10-17)11-6-8-12(16)9-7-11/h6-9,13-15,19H,2-5,10,17H2,1H3. The number of nitrogens with zero attached hydrogens (tertiary/aromatic N) is 1. The van der Waals surface area contributed by atoms with Gasteiger partial charge in [0, 0.05) is 23.1 Å². The van der Waals surface area contributed by atoms with Crippen molar-refractivity contribution in [3.63, 3.8) is 0 Å². The molecule has 1 aromatic carbocycles. The Morgan fingerprint density at radius 3 is 2.53 bits per heavy atom. The monoisotopic (exact) mass is 326 g/mol. The van der Waals surface area contributed by atoms with E-state index in [1.807, 2.05) is 12.1 Å².